The fraction of sp³-hybridized carbons (Fsp3) is 0.188. The summed E-state index contributed by atoms with van der Waals surface area (Å²) >= 11 is 0. The number of anilines is 2. The molecule has 2 aromatic rings. The van der Waals surface area contributed by atoms with Crippen LogP contribution in [0.25, 0.3) is 0 Å². The number of amides is 1. The average Bonchev–Trinajstić information content (AvgIpc) is 2.49. The van der Waals surface area contributed by atoms with Crippen molar-refractivity contribution in [2.24, 2.45) is 0 Å². The summed E-state index contributed by atoms with van der Waals surface area (Å²) in [7, 11) is 0. The quantitative estimate of drug-likeness (QED) is 0.730. The Morgan fingerprint density at radius 2 is 1.90 bits per heavy atom. The third-order valence-corrected chi connectivity index (χ3v) is 3.52. The molecular formula is C16H17N3O. The van der Waals surface area contributed by atoms with Gasteiger partial charge in [-0.25, -0.2) is 0 Å². The van der Waals surface area contributed by atoms with Gasteiger partial charge in [-0.3, -0.25) is 4.79 Å². The number of rotatable bonds is 2. The van der Waals surface area contributed by atoms with Crippen LogP contribution in [0.3, 0.4) is 0 Å². The molecule has 1 aliphatic rings. The van der Waals surface area contributed by atoms with E-state index in [1.165, 1.54) is 11.1 Å². The van der Waals surface area contributed by atoms with Gasteiger partial charge in [0.05, 0.1) is 0 Å². The van der Waals surface area contributed by atoms with Crippen LogP contribution in [0.1, 0.15) is 21.5 Å². The fourth-order valence-electron chi connectivity index (χ4n) is 2.39. The maximum absolute atomic E-state index is 12.2. The van der Waals surface area contributed by atoms with Crippen molar-refractivity contribution in [2.45, 2.75) is 13.0 Å². The van der Waals surface area contributed by atoms with Crippen LogP contribution < -0.4 is 16.4 Å². The van der Waals surface area contributed by atoms with Crippen LogP contribution in [0, 0.1) is 0 Å². The van der Waals surface area contributed by atoms with Gasteiger partial charge in [0.1, 0.15) is 0 Å². The predicted molar refractivity (Wildman–Crippen MR) is 80.7 cm³/mol. The molecule has 20 heavy (non-hydrogen) atoms. The van der Waals surface area contributed by atoms with Crippen molar-refractivity contribution in [1.29, 1.82) is 0 Å². The third kappa shape index (κ3) is 2.65. The van der Waals surface area contributed by atoms with Gasteiger partial charge in [-0.1, -0.05) is 6.07 Å². The molecule has 0 aromatic heterocycles. The molecule has 4 N–H and O–H groups in total. The second-order valence-corrected chi connectivity index (χ2v) is 4.99. The SMILES string of the molecule is Nc1ccc(NC(=O)c2ccc3c(c2)CNCC3)cc1. The molecule has 3 rings (SSSR count). The van der Waals surface area contributed by atoms with E-state index in [0.717, 1.165) is 25.2 Å². The second kappa shape index (κ2) is 5.35. The first-order chi connectivity index (χ1) is 9.72. The van der Waals surface area contributed by atoms with Gasteiger partial charge in [0.15, 0.2) is 0 Å². The Morgan fingerprint density at radius 3 is 2.70 bits per heavy atom. The largest absolute Gasteiger partial charge is 0.399 e. The van der Waals surface area contributed by atoms with Crippen LogP contribution in [-0.4, -0.2) is 12.5 Å². The minimum atomic E-state index is -0.0943. The number of nitrogens with two attached hydrogens (primary N) is 1. The molecule has 1 heterocycles. The van der Waals surface area contributed by atoms with Crippen LogP contribution in [0.2, 0.25) is 0 Å². The van der Waals surface area contributed by atoms with Crippen molar-refractivity contribution in [2.75, 3.05) is 17.6 Å². The summed E-state index contributed by atoms with van der Waals surface area (Å²) in [6.07, 6.45) is 1.02. The van der Waals surface area contributed by atoms with Gasteiger partial charge in [-0.2, -0.15) is 0 Å². The normalized spacial score (nSPS) is 13.6. The Labute approximate surface area is 118 Å². The Morgan fingerprint density at radius 1 is 1.10 bits per heavy atom. The number of carbonyl (C=O) groups is 1. The van der Waals surface area contributed by atoms with Crippen molar-refractivity contribution in [3.8, 4) is 0 Å². The monoisotopic (exact) mass is 267 g/mol. The first kappa shape index (κ1) is 12.7. The minimum Gasteiger partial charge on any atom is -0.399 e. The van der Waals surface area contributed by atoms with E-state index >= 15 is 0 Å². The van der Waals surface area contributed by atoms with Gasteiger partial charge in [-0.15, -0.1) is 0 Å². The van der Waals surface area contributed by atoms with E-state index in [9.17, 15) is 4.79 Å². The van der Waals surface area contributed by atoms with Crippen molar-refractivity contribution in [3.63, 3.8) is 0 Å². The molecule has 0 spiro atoms. The van der Waals surface area contributed by atoms with E-state index in [1.807, 2.05) is 18.2 Å². The molecule has 0 radical (unpaired) electrons. The van der Waals surface area contributed by atoms with E-state index in [2.05, 4.69) is 10.6 Å². The Kier molecular flexibility index (Phi) is 3.39. The molecule has 1 aliphatic heterocycles. The maximum Gasteiger partial charge on any atom is 0.255 e. The molecule has 0 unspecified atom stereocenters. The third-order valence-electron chi connectivity index (χ3n) is 3.52. The molecule has 0 saturated carbocycles. The summed E-state index contributed by atoms with van der Waals surface area (Å²) in [6.45, 7) is 1.84. The first-order valence-electron chi connectivity index (χ1n) is 6.72. The number of benzene rings is 2. The fourth-order valence-corrected chi connectivity index (χ4v) is 2.39. The molecule has 2 aromatic carbocycles. The highest BCUT2D eigenvalue weighted by Crippen LogP contribution is 2.17. The van der Waals surface area contributed by atoms with Crippen molar-refractivity contribution >= 4 is 17.3 Å². The van der Waals surface area contributed by atoms with Crippen molar-refractivity contribution < 1.29 is 4.79 Å². The lowest BCUT2D eigenvalue weighted by molar-refractivity contribution is 0.102. The van der Waals surface area contributed by atoms with Gasteiger partial charge in [0.2, 0.25) is 0 Å². The van der Waals surface area contributed by atoms with Crippen LogP contribution in [0.4, 0.5) is 11.4 Å². The number of hydrogen-bond donors (Lipinski definition) is 3. The van der Waals surface area contributed by atoms with Crippen LogP contribution in [0.15, 0.2) is 42.5 Å². The Balaban J connectivity index is 1.78. The van der Waals surface area contributed by atoms with Crippen molar-refractivity contribution in [3.05, 3.63) is 59.2 Å². The predicted octanol–water partition coefficient (Wildman–Crippen LogP) is 2.17. The summed E-state index contributed by atoms with van der Waals surface area (Å²) in [5.74, 6) is -0.0943. The molecule has 1 amide bonds. The van der Waals surface area contributed by atoms with E-state index in [1.54, 1.807) is 24.3 Å². The summed E-state index contributed by atoms with van der Waals surface area (Å²) in [5.41, 5.74) is 10.3. The highest BCUT2D eigenvalue weighted by molar-refractivity contribution is 6.04. The molecule has 4 nitrogen and oxygen atoms in total. The Bertz CT molecular complexity index is 635. The number of hydrogen-bond acceptors (Lipinski definition) is 3. The highest BCUT2D eigenvalue weighted by atomic mass is 16.1. The maximum atomic E-state index is 12.2. The molecule has 0 saturated heterocycles. The number of fused-ring (bicyclic) bond motifs is 1. The van der Waals surface area contributed by atoms with E-state index in [0.29, 0.717) is 11.3 Å². The van der Waals surface area contributed by atoms with Crippen LogP contribution in [-0.2, 0) is 13.0 Å². The van der Waals surface area contributed by atoms with E-state index < -0.39 is 0 Å². The van der Waals surface area contributed by atoms with Gasteiger partial charge >= 0.3 is 0 Å². The Hall–Kier alpha value is -2.33. The standard InChI is InChI=1S/C16H17N3O/c17-14-3-5-15(6-4-14)19-16(20)12-2-1-11-7-8-18-10-13(11)9-12/h1-6,9,18H,7-8,10,17H2,(H,19,20). The average molecular weight is 267 g/mol. The molecular weight excluding hydrogens is 250 g/mol. The van der Waals surface area contributed by atoms with Crippen LogP contribution >= 0.6 is 0 Å². The highest BCUT2D eigenvalue weighted by Gasteiger charge is 2.12. The van der Waals surface area contributed by atoms with E-state index in [4.69, 9.17) is 5.73 Å². The molecule has 0 fully saturated rings. The molecule has 0 aliphatic carbocycles. The van der Waals surface area contributed by atoms with Gasteiger partial charge in [0, 0.05) is 23.5 Å². The topological polar surface area (TPSA) is 67.1 Å². The zero-order chi connectivity index (χ0) is 13.9. The lowest BCUT2D eigenvalue weighted by Crippen LogP contribution is -2.24. The molecule has 0 bridgehead atoms. The zero-order valence-electron chi connectivity index (χ0n) is 11.1. The lowest BCUT2D eigenvalue weighted by Gasteiger charge is -2.17. The zero-order valence-corrected chi connectivity index (χ0v) is 11.1. The number of nitrogens with one attached hydrogen (secondary N) is 2. The van der Waals surface area contributed by atoms with Crippen molar-refractivity contribution in [1.82, 2.24) is 5.32 Å². The number of nitrogen functional groups attached to an aromatic ring is 1. The van der Waals surface area contributed by atoms with Gasteiger partial charge < -0.3 is 16.4 Å². The van der Waals surface area contributed by atoms with Gasteiger partial charge in [-0.05, 0) is 60.5 Å². The first-order valence-corrected chi connectivity index (χ1v) is 6.72. The summed E-state index contributed by atoms with van der Waals surface area (Å²) in [4.78, 5) is 12.2. The minimum absolute atomic E-state index is 0.0943. The summed E-state index contributed by atoms with van der Waals surface area (Å²) in [6, 6.07) is 13.0. The molecule has 0 atom stereocenters. The smallest absolute Gasteiger partial charge is 0.255 e. The van der Waals surface area contributed by atoms with E-state index in [-0.39, 0.29) is 5.91 Å². The second-order valence-electron chi connectivity index (χ2n) is 4.99. The molecule has 4 heteroatoms. The summed E-state index contributed by atoms with van der Waals surface area (Å²) < 4.78 is 0. The number of carbonyl (C=O) groups excluding carboxylic acids is 1. The van der Waals surface area contributed by atoms with Crippen LogP contribution in [0.5, 0.6) is 0 Å². The lowest BCUT2D eigenvalue weighted by atomic mass is 9.98. The summed E-state index contributed by atoms with van der Waals surface area (Å²) in [5, 5.41) is 6.19. The van der Waals surface area contributed by atoms with Gasteiger partial charge in [0.25, 0.3) is 5.91 Å². The molecule has 102 valence electrons.